The van der Waals surface area contributed by atoms with E-state index in [4.69, 9.17) is 9.15 Å². The van der Waals surface area contributed by atoms with Gasteiger partial charge in [0.15, 0.2) is 5.58 Å². The molecule has 0 atom stereocenters. The number of aryl methyl sites for hydroxylation is 2. The molecular formula is C23H18Br2N2O3. The monoisotopic (exact) mass is 528 g/mol. The Kier molecular flexibility index (Phi) is 5.66. The van der Waals surface area contributed by atoms with Crippen LogP contribution in [0.5, 0.6) is 5.75 Å². The number of fused-ring (bicyclic) bond motifs is 1. The predicted molar refractivity (Wildman–Crippen MR) is 125 cm³/mol. The van der Waals surface area contributed by atoms with Gasteiger partial charge in [-0.1, -0.05) is 33.1 Å². The Labute approximate surface area is 190 Å². The number of rotatable bonds is 4. The zero-order valence-electron chi connectivity index (χ0n) is 16.5. The van der Waals surface area contributed by atoms with Crippen molar-refractivity contribution in [2.24, 2.45) is 0 Å². The lowest BCUT2D eigenvalue weighted by Crippen LogP contribution is -2.13. The van der Waals surface area contributed by atoms with Crippen molar-refractivity contribution in [3.05, 3.63) is 74.2 Å². The molecule has 3 aromatic carbocycles. The number of ether oxygens (including phenoxy) is 1. The van der Waals surface area contributed by atoms with Gasteiger partial charge in [0.05, 0.1) is 17.1 Å². The highest BCUT2D eigenvalue weighted by Gasteiger charge is 2.17. The zero-order valence-corrected chi connectivity index (χ0v) is 19.7. The highest BCUT2D eigenvalue weighted by Crippen LogP contribution is 2.33. The van der Waals surface area contributed by atoms with Crippen LogP contribution in [0.1, 0.15) is 21.5 Å². The summed E-state index contributed by atoms with van der Waals surface area (Å²) in [4.78, 5) is 17.5. The number of hydrogen-bond donors (Lipinski definition) is 1. The molecule has 30 heavy (non-hydrogen) atoms. The summed E-state index contributed by atoms with van der Waals surface area (Å²) < 4.78 is 12.8. The third-order valence-corrected chi connectivity index (χ3v) is 5.62. The second-order valence-corrected chi connectivity index (χ2v) is 8.77. The number of halogens is 2. The maximum Gasteiger partial charge on any atom is 0.259 e. The minimum absolute atomic E-state index is 0.286. The van der Waals surface area contributed by atoms with Crippen molar-refractivity contribution in [3.8, 4) is 17.2 Å². The Morgan fingerprint density at radius 2 is 1.77 bits per heavy atom. The molecule has 7 heteroatoms. The number of nitrogens with zero attached hydrogens (tertiary/aromatic N) is 1. The van der Waals surface area contributed by atoms with Crippen molar-refractivity contribution < 1.29 is 13.9 Å². The van der Waals surface area contributed by atoms with Crippen LogP contribution in [0.2, 0.25) is 0 Å². The molecule has 0 unspecified atom stereocenters. The van der Waals surface area contributed by atoms with Crippen LogP contribution in [0.15, 0.2) is 61.9 Å². The lowest BCUT2D eigenvalue weighted by atomic mass is 10.1. The maximum absolute atomic E-state index is 12.9. The third-order valence-electron chi connectivity index (χ3n) is 4.57. The third kappa shape index (κ3) is 4.13. The summed E-state index contributed by atoms with van der Waals surface area (Å²) >= 11 is 6.83. The molecule has 152 valence electrons. The molecule has 1 N–H and O–H groups in total. The van der Waals surface area contributed by atoms with E-state index in [0.29, 0.717) is 38.5 Å². The lowest BCUT2D eigenvalue weighted by molar-refractivity contribution is 0.102. The van der Waals surface area contributed by atoms with E-state index in [1.165, 1.54) is 7.11 Å². The average Bonchev–Trinajstić information content (AvgIpc) is 3.10. The van der Waals surface area contributed by atoms with Crippen LogP contribution in [-0.2, 0) is 0 Å². The normalized spacial score (nSPS) is 11.0. The van der Waals surface area contributed by atoms with Crippen molar-refractivity contribution in [1.29, 1.82) is 0 Å². The molecule has 0 aliphatic heterocycles. The number of benzene rings is 3. The fourth-order valence-electron chi connectivity index (χ4n) is 3.36. The Balaban J connectivity index is 1.65. The van der Waals surface area contributed by atoms with E-state index in [1.54, 1.807) is 24.3 Å². The number of aromatic nitrogens is 1. The van der Waals surface area contributed by atoms with Gasteiger partial charge in [-0.15, -0.1) is 0 Å². The summed E-state index contributed by atoms with van der Waals surface area (Å²) in [7, 11) is 1.53. The molecule has 0 aliphatic rings. The first-order chi connectivity index (χ1) is 14.3. The van der Waals surface area contributed by atoms with Crippen molar-refractivity contribution in [1.82, 2.24) is 4.98 Å². The van der Waals surface area contributed by atoms with E-state index < -0.39 is 0 Å². The molecule has 1 aromatic heterocycles. The van der Waals surface area contributed by atoms with E-state index in [2.05, 4.69) is 48.2 Å². The van der Waals surface area contributed by atoms with Crippen LogP contribution in [0.3, 0.4) is 0 Å². The summed E-state index contributed by atoms with van der Waals surface area (Å²) in [5.74, 6) is 0.736. The molecule has 0 aliphatic carbocycles. The van der Waals surface area contributed by atoms with Crippen LogP contribution < -0.4 is 10.1 Å². The quantitative estimate of drug-likeness (QED) is 0.312. The number of carbonyl (C=O) groups excluding carboxylic acids is 1. The molecule has 0 spiro atoms. The fraction of sp³-hybridized carbons (Fsp3) is 0.130. The Morgan fingerprint density at radius 3 is 2.47 bits per heavy atom. The molecule has 0 bridgehead atoms. The lowest BCUT2D eigenvalue weighted by Gasteiger charge is -2.11. The van der Waals surface area contributed by atoms with Gasteiger partial charge >= 0.3 is 0 Å². The molecule has 5 nitrogen and oxygen atoms in total. The first kappa shape index (κ1) is 20.6. The molecule has 1 amide bonds. The van der Waals surface area contributed by atoms with Gasteiger partial charge in [-0.3, -0.25) is 4.79 Å². The van der Waals surface area contributed by atoms with E-state index in [0.717, 1.165) is 21.2 Å². The summed E-state index contributed by atoms with van der Waals surface area (Å²) in [5.41, 5.74) is 5.58. The van der Waals surface area contributed by atoms with Crippen LogP contribution in [0.4, 0.5) is 5.69 Å². The van der Waals surface area contributed by atoms with Gasteiger partial charge in [0.1, 0.15) is 11.3 Å². The summed E-state index contributed by atoms with van der Waals surface area (Å²) in [5, 5.41) is 2.90. The molecular weight excluding hydrogens is 512 g/mol. The highest BCUT2D eigenvalue weighted by atomic mass is 79.9. The Bertz CT molecular complexity index is 1260. The molecule has 1 heterocycles. The first-order valence-corrected chi connectivity index (χ1v) is 10.8. The highest BCUT2D eigenvalue weighted by molar-refractivity contribution is 9.11. The molecule has 0 saturated carbocycles. The van der Waals surface area contributed by atoms with Gasteiger partial charge in [0.2, 0.25) is 5.89 Å². The topological polar surface area (TPSA) is 64.4 Å². The van der Waals surface area contributed by atoms with Crippen LogP contribution in [-0.4, -0.2) is 18.0 Å². The van der Waals surface area contributed by atoms with E-state index in [-0.39, 0.29) is 5.91 Å². The van der Waals surface area contributed by atoms with Gasteiger partial charge < -0.3 is 14.5 Å². The number of amides is 1. The number of carbonyl (C=O) groups is 1. The zero-order chi connectivity index (χ0) is 21.4. The van der Waals surface area contributed by atoms with Gasteiger partial charge in [0, 0.05) is 15.7 Å². The molecule has 0 radical (unpaired) electrons. The van der Waals surface area contributed by atoms with E-state index in [1.807, 2.05) is 32.0 Å². The summed E-state index contributed by atoms with van der Waals surface area (Å²) in [6.45, 7) is 4.09. The Morgan fingerprint density at radius 1 is 1.03 bits per heavy atom. The number of anilines is 1. The number of nitrogens with one attached hydrogen (secondary N) is 1. The van der Waals surface area contributed by atoms with Gasteiger partial charge in [-0.2, -0.15) is 0 Å². The minimum Gasteiger partial charge on any atom is -0.495 e. The largest absolute Gasteiger partial charge is 0.495 e. The summed E-state index contributed by atoms with van der Waals surface area (Å²) in [6, 6.07) is 15.1. The molecule has 4 aromatic rings. The van der Waals surface area contributed by atoms with Crippen molar-refractivity contribution in [2.45, 2.75) is 13.8 Å². The molecule has 0 fully saturated rings. The molecule has 4 rings (SSSR count). The predicted octanol–water partition coefficient (Wildman–Crippen LogP) is 6.90. The second-order valence-electron chi connectivity index (χ2n) is 7.00. The van der Waals surface area contributed by atoms with Gasteiger partial charge in [-0.25, -0.2) is 4.98 Å². The van der Waals surface area contributed by atoms with Gasteiger partial charge in [-0.05, 0) is 72.2 Å². The number of methoxy groups -OCH3 is 1. The first-order valence-electron chi connectivity index (χ1n) is 9.17. The second kappa shape index (κ2) is 8.24. The Hall–Kier alpha value is -2.64. The summed E-state index contributed by atoms with van der Waals surface area (Å²) in [6.07, 6.45) is 0. The standard InChI is InChI=1S/C23H18Br2N2O3/c1-12-6-13(2)8-14(7-12)23-27-19-11-16(4-5-20(19)30-23)26-22(28)17-9-15(24)10-18(25)21(17)29-3/h4-11H,1-3H3,(H,26,28). The van der Waals surface area contributed by atoms with Crippen LogP contribution >= 0.6 is 31.9 Å². The van der Waals surface area contributed by atoms with Crippen molar-refractivity contribution in [3.63, 3.8) is 0 Å². The SMILES string of the molecule is COc1c(Br)cc(Br)cc1C(=O)Nc1ccc2oc(-c3cc(C)cc(C)c3)nc2c1. The average molecular weight is 530 g/mol. The fourth-order valence-corrected chi connectivity index (χ4v) is 4.75. The number of hydrogen-bond acceptors (Lipinski definition) is 4. The van der Waals surface area contributed by atoms with E-state index in [9.17, 15) is 4.79 Å². The van der Waals surface area contributed by atoms with Crippen molar-refractivity contribution in [2.75, 3.05) is 12.4 Å². The number of oxazole rings is 1. The minimum atomic E-state index is -0.286. The smallest absolute Gasteiger partial charge is 0.259 e. The van der Waals surface area contributed by atoms with E-state index >= 15 is 0 Å². The van der Waals surface area contributed by atoms with Gasteiger partial charge in [0.25, 0.3) is 5.91 Å². The molecule has 0 saturated heterocycles. The maximum atomic E-state index is 12.9. The van der Waals surface area contributed by atoms with Crippen LogP contribution in [0.25, 0.3) is 22.6 Å². The van der Waals surface area contributed by atoms with Crippen LogP contribution in [0, 0.1) is 13.8 Å². The van der Waals surface area contributed by atoms with Crippen molar-refractivity contribution >= 4 is 54.6 Å².